The maximum absolute atomic E-state index is 12.3. The molecule has 0 bridgehead atoms. The van der Waals surface area contributed by atoms with Crippen LogP contribution in [-0.2, 0) is 0 Å². The van der Waals surface area contributed by atoms with Gasteiger partial charge >= 0.3 is 0 Å². The summed E-state index contributed by atoms with van der Waals surface area (Å²) >= 11 is 3.41. The quantitative estimate of drug-likeness (QED) is 0.734. The van der Waals surface area contributed by atoms with Gasteiger partial charge in [-0.3, -0.25) is 15.2 Å². The van der Waals surface area contributed by atoms with Crippen LogP contribution in [0.2, 0.25) is 0 Å². The van der Waals surface area contributed by atoms with Crippen LogP contribution in [0.3, 0.4) is 0 Å². The fourth-order valence-corrected chi connectivity index (χ4v) is 2.48. The van der Waals surface area contributed by atoms with Crippen LogP contribution < -0.4 is 10.1 Å². The molecular formula is C16H13BrN4O2. The van der Waals surface area contributed by atoms with E-state index in [9.17, 15) is 4.79 Å². The highest BCUT2D eigenvalue weighted by atomic mass is 79.9. The Morgan fingerprint density at radius 1 is 1.22 bits per heavy atom. The van der Waals surface area contributed by atoms with Crippen LogP contribution in [-0.4, -0.2) is 28.2 Å². The Morgan fingerprint density at radius 2 is 2.04 bits per heavy atom. The maximum Gasteiger partial charge on any atom is 0.261 e. The lowest BCUT2D eigenvalue weighted by Gasteiger charge is -2.06. The predicted molar refractivity (Wildman–Crippen MR) is 90.5 cm³/mol. The fourth-order valence-electron chi connectivity index (χ4n) is 2.08. The molecular weight excluding hydrogens is 360 g/mol. The number of nitrogens with one attached hydrogen (secondary N) is 2. The van der Waals surface area contributed by atoms with E-state index in [1.165, 1.54) is 7.11 Å². The molecule has 3 rings (SSSR count). The summed E-state index contributed by atoms with van der Waals surface area (Å²) in [5.41, 5.74) is 1.29. The van der Waals surface area contributed by atoms with Gasteiger partial charge in [0.1, 0.15) is 5.75 Å². The lowest BCUT2D eigenvalue weighted by molar-refractivity contribution is 0.102. The average Bonchev–Trinajstić information content (AvgIpc) is 3.03. The van der Waals surface area contributed by atoms with Gasteiger partial charge in [0.05, 0.1) is 12.7 Å². The number of methoxy groups -OCH3 is 1. The van der Waals surface area contributed by atoms with Gasteiger partial charge in [-0.1, -0.05) is 40.2 Å². The molecule has 23 heavy (non-hydrogen) atoms. The Labute approximate surface area is 141 Å². The first-order chi connectivity index (χ1) is 11.2. The maximum atomic E-state index is 12.3. The molecule has 1 aromatic heterocycles. The molecule has 1 heterocycles. The van der Waals surface area contributed by atoms with Crippen molar-refractivity contribution in [2.24, 2.45) is 0 Å². The van der Waals surface area contributed by atoms with Crippen molar-refractivity contribution in [2.75, 3.05) is 12.4 Å². The average molecular weight is 373 g/mol. The van der Waals surface area contributed by atoms with Crippen molar-refractivity contribution in [3.8, 4) is 17.1 Å². The number of anilines is 1. The van der Waals surface area contributed by atoms with Gasteiger partial charge in [0.2, 0.25) is 5.95 Å². The molecule has 0 saturated carbocycles. The van der Waals surface area contributed by atoms with E-state index in [0.717, 1.165) is 10.0 Å². The van der Waals surface area contributed by atoms with Crippen LogP contribution >= 0.6 is 15.9 Å². The molecule has 1 amide bonds. The number of carbonyl (C=O) groups is 1. The topological polar surface area (TPSA) is 79.9 Å². The van der Waals surface area contributed by atoms with E-state index in [4.69, 9.17) is 4.74 Å². The zero-order valence-electron chi connectivity index (χ0n) is 12.2. The fraction of sp³-hybridized carbons (Fsp3) is 0.0625. The zero-order valence-corrected chi connectivity index (χ0v) is 13.8. The molecule has 0 fully saturated rings. The van der Waals surface area contributed by atoms with E-state index in [1.54, 1.807) is 24.3 Å². The molecule has 0 aliphatic heterocycles. The Balaban J connectivity index is 1.80. The molecule has 0 aliphatic carbocycles. The summed E-state index contributed by atoms with van der Waals surface area (Å²) in [7, 11) is 1.52. The first-order valence-corrected chi connectivity index (χ1v) is 7.59. The monoisotopic (exact) mass is 372 g/mol. The summed E-state index contributed by atoms with van der Waals surface area (Å²) in [6, 6.07) is 14.6. The van der Waals surface area contributed by atoms with Gasteiger partial charge in [0.15, 0.2) is 5.82 Å². The molecule has 0 aliphatic rings. The largest absolute Gasteiger partial charge is 0.496 e. The number of aromatic nitrogens is 3. The van der Waals surface area contributed by atoms with Gasteiger partial charge in [-0.15, -0.1) is 5.10 Å². The van der Waals surface area contributed by atoms with Gasteiger partial charge in [-0.05, 0) is 24.3 Å². The minimum absolute atomic E-state index is 0.205. The van der Waals surface area contributed by atoms with Crippen molar-refractivity contribution in [3.05, 3.63) is 58.6 Å². The van der Waals surface area contributed by atoms with Crippen LogP contribution in [0.15, 0.2) is 53.0 Å². The molecule has 0 unspecified atom stereocenters. The molecule has 2 N–H and O–H groups in total. The molecule has 7 heteroatoms. The van der Waals surface area contributed by atoms with E-state index < -0.39 is 0 Å². The number of rotatable bonds is 4. The van der Waals surface area contributed by atoms with Crippen LogP contribution in [0.1, 0.15) is 10.4 Å². The van der Waals surface area contributed by atoms with Crippen molar-refractivity contribution in [1.82, 2.24) is 15.2 Å². The molecule has 0 saturated heterocycles. The summed E-state index contributed by atoms with van der Waals surface area (Å²) in [6.45, 7) is 0. The third-order valence-corrected chi connectivity index (χ3v) is 3.65. The number of halogens is 1. The summed E-state index contributed by atoms with van der Waals surface area (Å²) in [5, 5.41) is 9.48. The third kappa shape index (κ3) is 3.40. The highest BCUT2D eigenvalue weighted by Gasteiger charge is 2.14. The van der Waals surface area contributed by atoms with Crippen molar-refractivity contribution in [3.63, 3.8) is 0 Å². The van der Waals surface area contributed by atoms with Gasteiger partial charge in [-0.2, -0.15) is 4.98 Å². The number of hydrogen-bond donors (Lipinski definition) is 2. The molecule has 6 nitrogen and oxygen atoms in total. The van der Waals surface area contributed by atoms with Gasteiger partial charge in [0.25, 0.3) is 5.91 Å². The Kier molecular flexibility index (Phi) is 4.38. The number of benzene rings is 2. The van der Waals surface area contributed by atoms with Crippen LogP contribution in [0, 0.1) is 0 Å². The smallest absolute Gasteiger partial charge is 0.261 e. The first-order valence-electron chi connectivity index (χ1n) is 6.80. The molecule has 116 valence electrons. The predicted octanol–water partition coefficient (Wildman–Crippen LogP) is 3.50. The number of aromatic amines is 1. The van der Waals surface area contributed by atoms with Crippen molar-refractivity contribution in [2.45, 2.75) is 0 Å². The second-order valence-corrected chi connectivity index (χ2v) is 5.59. The number of hydrogen-bond acceptors (Lipinski definition) is 4. The SMILES string of the molecule is COc1ccccc1C(=O)Nc1n[nH]c(-c2cccc(Br)c2)n1. The van der Waals surface area contributed by atoms with E-state index in [0.29, 0.717) is 17.1 Å². The number of amides is 1. The Hall–Kier alpha value is -2.67. The molecule has 0 spiro atoms. The highest BCUT2D eigenvalue weighted by Crippen LogP contribution is 2.21. The standard InChI is InChI=1S/C16H13BrN4O2/c1-23-13-8-3-2-7-12(13)15(22)19-16-18-14(20-21-16)10-5-4-6-11(17)9-10/h2-9H,1H3,(H2,18,19,20,21,22). The zero-order chi connectivity index (χ0) is 16.2. The number of ether oxygens (including phenoxy) is 1. The number of H-pyrrole nitrogens is 1. The van der Waals surface area contributed by atoms with E-state index in [2.05, 4.69) is 36.4 Å². The first kappa shape index (κ1) is 15.2. The van der Waals surface area contributed by atoms with Crippen LogP contribution in [0.25, 0.3) is 11.4 Å². The normalized spacial score (nSPS) is 10.3. The van der Waals surface area contributed by atoms with Crippen molar-refractivity contribution >= 4 is 27.8 Å². The minimum atomic E-state index is -0.331. The minimum Gasteiger partial charge on any atom is -0.496 e. The van der Waals surface area contributed by atoms with E-state index >= 15 is 0 Å². The van der Waals surface area contributed by atoms with E-state index in [1.807, 2.05) is 24.3 Å². The van der Waals surface area contributed by atoms with Crippen molar-refractivity contribution < 1.29 is 9.53 Å². The van der Waals surface area contributed by atoms with Crippen molar-refractivity contribution in [1.29, 1.82) is 0 Å². The lowest BCUT2D eigenvalue weighted by Crippen LogP contribution is -2.14. The molecule has 0 atom stereocenters. The summed E-state index contributed by atoms with van der Waals surface area (Å²) in [6.07, 6.45) is 0. The Morgan fingerprint density at radius 3 is 2.83 bits per heavy atom. The van der Waals surface area contributed by atoms with E-state index in [-0.39, 0.29) is 11.9 Å². The molecule has 3 aromatic rings. The summed E-state index contributed by atoms with van der Waals surface area (Å²) in [4.78, 5) is 16.6. The number of nitrogens with zero attached hydrogens (tertiary/aromatic N) is 2. The summed E-state index contributed by atoms with van der Waals surface area (Å²) in [5.74, 6) is 0.937. The third-order valence-electron chi connectivity index (χ3n) is 3.16. The number of para-hydroxylation sites is 1. The van der Waals surface area contributed by atoms with Gasteiger partial charge < -0.3 is 4.74 Å². The van der Waals surface area contributed by atoms with Crippen LogP contribution in [0.5, 0.6) is 5.75 Å². The highest BCUT2D eigenvalue weighted by molar-refractivity contribution is 9.10. The second kappa shape index (κ2) is 6.62. The number of carbonyl (C=O) groups excluding carboxylic acids is 1. The van der Waals surface area contributed by atoms with Gasteiger partial charge in [-0.25, -0.2) is 0 Å². The van der Waals surface area contributed by atoms with Gasteiger partial charge in [0, 0.05) is 10.0 Å². The summed E-state index contributed by atoms with van der Waals surface area (Å²) < 4.78 is 6.11. The molecule has 0 radical (unpaired) electrons. The Bertz CT molecular complexity index is 847. The molecule has 2 aromatic carbocycles. The lowest BCUT2D eigenvalue weighted by atomic mass is 10.2. The van der Waals surface area contributed by atoms with Crippen LogP contribution in [0.4, 0.5) is 5.95 Å². The second-order valence-electron chi connectivity index (χ2n) is 4.67.